The van der Waals surface area contributed by atoms with Crippen LogP contribution in [0.15, 0.2) is 41.8 Å². The Balaban J connectivity index is 1.59. The van der Waals surface area contributed by atoms with Crippen LogP contribution in [0.3, 0.4) is 0 Å². The molecule has 0 radical (unpaired) electrons. The van der Waals surface area contributed by atoms with Crippen LogP contribution in [0.1, 0.15) is 32.6 Å². The maximum atomic E-state index is 12.3. The van der Waals surface area contributed by atoms with Gasteiger partial charge in [0.05, 0.1) is 12.2 Å². The Labute approximate surface area is 168 Å². The van der Waals surface area contributed by atoms with Gasteiger partial charge in [-0.1, -0.05) is 41.0 Å². The first kappa shape index (κ1) is 19.8. The van der Waals surface area contributed by atoms with Gasteiger partial charge in [0.1, 0.15) is 0 Å². The molecule has 0 saturated heterocycles. The second kappa shape index (κ2) is 8.35. The number of nitrogens with one attached hydrogen (secondary N) is 2. The Kier molecular flexibility index (Phi) is 5.90. The number of thiazole rings is 1. The maximum absolute atomic E-state index is 12.3. The molecule has 5 nitrogen and oxygen atoms in total. The van der Waals surface area contributed by atoms with E-state index in [2.05, 4.69) is 28.6 Å². The zero-order valence-corrected chi connectivity index (χ0v) is 17.2. The van der Waals surface area contributed by atoms with Gasteiger partial charge < -0.3 is 10.6 Å². The molecule has 144 valence electrons. The highest BCUT2D eigenvalue weighted by Crippen LogP contribution is 2.27. The van der Waals surface area contributed by atoms with Crippen LogP contribution in [-0.4, -0.2) is 23.3 Å². The van der Waals surface area contributed by atoms with Gasteiger partial charge in [0.25, 0.3) is 5.91 Å². The smallest absolute Gasteiger partial charge is 0.251 e. The van der Waals surface area contributed by atoms with E-state index in [1.54, 1.807) is 12.1 Å². The molecular weight excluding hydrogens is 370 g/mol. The van der Waals surface area contributed by atoms with Crippen molar-refractivity contribution in [1.82, 2.24) is 10.3 Å². The number of amides is 2. The van der Waals surface area contributed by atoms with Crippen molar-refractivity contribution in [3.63, 3.8) is 0 Å². The molecule has 3 rings (SSSR count). The minimum atomic E-state index is -0.306. The predicted octanol–water partition coefficient (Wildman–Crippen LogP) is 4.41. The first-order valence-corrected chi connectivity index (χ1v) is 9.89. The van der Waals surface area contributed by atoms with E-state index in [0.29, 0.717) is 10.7 Å². The molecule has 0 unspecified atom stereocenters. The fourth-order valence-electron chi connectivity index (χ4n) is 3.09. The Morgan fingerprint density at radius 2 is 1.68 bits per heavy atom. The molecule has 0 atom stereocenters. The van der Waals surface area contributed by atoms with Crippen molar-refractivity contribution in [2.45, 2.75) is 27.7 Å². The van der Waals surface area contributed by atoms with Crippen LogP contribution in [0.4, 0.5) is 5.13 Å². The monoisotopic (exact) mass is 393 g/mol. The molecule has 0 aliphatic heterocycles. The van der Waals surface area contributed by atoms with Gasteiger partial charge in [0.2, 0.25) is 5.91 Å². The molecule has 0 aliphatic rings. The van der Waals surface area contributed by atoms with Gasteiger partial charge in [-0.3, -0.25) is 9.59 Å². The Bertz CT molecular complexity index is 1020. The number of hydrogen-bond acceptors (Lipinski definition) is 4. The average Bonchev–Trinajstić information content (AvgIpc) is 3.06. The van der Waals surface area contributed by atoms with Crippen LogP contribution >= 0.6 is 11.3 Å². The SMILES string of the molecule is Cc1cc(C)cc(C(=O)NCC(=O)Nc2nc(-c3ccc(C)cc3C)cs2)c1. The van der Waals surface area contributed by atoms with Crippen molar-refractivity contribution in [2.75, 3.05) is 11.9 Å². The van der Waals surface area contributed by atoms with Crippen LogP contribution in [0.2, 0.25) is 0 Å². The number of anilines is 1. The molecule has 0 bridgehead atoms. The van der Waals surface area contributed by atoms with Gasteiger partial charge >= 0.3 is 0 Å². The van der Waals surface area contributed by atoms with Gasteiger partial charge in [0.15, 0.2) is 5.13 Å². The highest BCUT2D eigenvalue weighted by atomic mass is 32.1. The Hall–Kier alpha value is -2.99. The van der Waals surface area contributed by atoms with E-state index >= 15 is 0 Å². The Morgan fingerprint density at radius 1 is 0.964 bits per heavy atom. The zero-order chi connectivity index (χ0) is 20.3. The van der Waals surface area contributed by atoms with Gasteiger partial charge in [-0.15, -0.1) is 11.3 Å². The quantitative estimate of drug-likeness (QED) is 0.674. The first-order valence-electron chi connectivity index (χ1n) is 9.01. The van der Waals surface area contributed by atoms with Crippen molar-refractivity contribution >= 4 is 28.3 Å². The third kappa shape index (κ3) is 4.84. The summed E-state index contributed by atoms with van der Waals surface area (Å²) in [7, 11) is 0. The second-order valence-electron chi connectivity index (χ2n) is 6.96. The summed E-state index contributed by atoms with van der Waals surface area (Å²) >= 11 is 1.36. The van der Waals surface area contributed by atoms with E-state index in [4.69, 9.17) is 0 Å². The third-order valence-corrected chi connectivity index (χ3v) is 5.06. The van der Waals surface area contributed by atoms with Crippen LogP contribution in [0.5, 0.6) is 0 Å². The van der Waals surface area contributed by atoms with Crippen LogP contribution < -0.4 is 10.6 Å². The van der Waals surface area contributed by atoms with E-state index in [9.17, 15) is 9.59 Å². The molecule has 2 amide bonds. The van der Waals surface area contributed by atoms with E-state index in [0.717, 1.165) is 27.9 Å². The molecule has 2 aromatic carbocycles. The van der Waals surface area contributed by atoms with Gasteiger partial charge in [-0.2, -0.15) is 0 Å². The third-order valence-electron chi connectivity index (χ3n) is 4.30. The molecule has 0 aliphatic carbocycles. The summed E-state index contributed by atoms with van der Waals surface area (Å²) in [6.45, 7) is 7.86. The number of aromatic nitrogens is 1. The number of carbonyl (C=O) groups excluding carboxylic acids is 2. The summed E-state index contributed by atoms with van der Waals surface area (Å²) in [5.74, 6) is -0.573. The maximum Gasteiger partial charge on any atom is 0.251 e. The van der Waals surface area contributed by atoms with Crippen LogP contribution in [0, 0.1) is 27.7 Å². The van der Waals surface area contributed by atoms with Crippen molar-refractivity contribution in [2.24, 2.45) is 0 Å². The van der Waals surface area contributed by atoms with Gasteiger partial charge in [-0.25, -0.2) is 4.98 Å². The van der Waals surface area contributed by atoms with Gasteiger partial charge in [0, 0.05) is 16.5 Å². The second-order valence-corrected chi connectivity index (χ2v) is 7.82. The lowest BCUT2D eigenvalue weighted by Crippen LogP contribution is -2.32. The lowest BCUT2D eigenvalue weighted by molar-refractivity contribution is -0.115. The minimum absolute atomic E-state index is 0.107. The van der Waals surface area contributed by atoms with Crippen molar-refractivity contribution in [1.29, 1.82) is 0 Å². The number of aryl methyl sites for hydroxylation is 4. The molecule has 0 fully saturated rings. The standard InChI is InChI=1S/C22H23N3O2S/c1-13-5-6-18(16(4)8-13)19-12-28-22(24-19)25-20(26)11-23-21(27)17-9-14(2)7-15(3)10-17/h5-10,12H,11H2,1-4H3,(H,23,27)(H,24,25,26). The summed E-state index contributed by atoms with van der Waals surface area (Å²) in [6.07, 6.45) is 0. The summed E-state index contributed by atoms with van der Waals surface area (Å²) in [6, 6.07) is 11.8. The minimum Gasteiger partial charge on any atom is -0.343 e. The van der Waals surface area contributed by atoms with Crippen LogP contribution in [-0.2, 0) is 4.79 Å². The van der Waals surface area contributed by atoms with Gasteiger partial charge in [-0.05, 0) is 45.4 Å². The van der Waals surface area contributed by atoms with E-state index < -0.39 is 0 Å². The summed E-state index contributed by atoms with van der Waals surface area (Å²) < 4.78 is 0. The molecule has 0 spiro atoms. The largest absolute Gasteiger partial charge is 0.343 e. The number of benzene rings is 2. The topological polar surface area (TPSA) is 71.1 Å². The number of carbonyl (C=O) groups is 2. The molecule has 28 heavy (non-hydrogen) atoms. The lowest BCUT2D eigenvalue weighted by Gasteiger charge is -2.07. The molecule has 6 heteroatoms. The normalized spacial score (nSPS) is 10.6. The molecule has 1 heterocycles. The number of rotatable bonds is 5. The number of nitrogens with zero attached hydrogens (tertiary/aromatic N) is 1. The Morgan fingerprint density at radius 3 is 2.36 bits per heavy atom. The first-order chi connectivity index (χ1) is 13.3. The highest BCUT2D eigenvalue weighted by molar-refractivity contribution is 7.14. The van der Waals surface area contributed by atoms with Crippen LogP contribution in [0.25, 0.3) is 11.3 Å². The number of hydrogen-bond donors (Lipinski definition) is 2. The van der Waals surface area contributed by atoms with Crippen molar-refractivity contribution < 1.29 is 9.59 Å². The molecule has 0 saturated carbocycles. The predicted molar refractivity (Wildman–Crippen MR) is 114 cm³/mol. The van der Waals surface area contributed by atoms with Crippen molar-refractivity contribution in [3.8, 4) is 11.3 Å². The molecule has 1 aromatic heterocycles. The van der Waals surface area contributed by atoms with Crippen molar-refractivity contribution in [3.05, 3.63) is 69.6 Å². The summed E-state index contributed by atoms with van der Waals surface area (Å²) in [4.78, 5) is 28.9. The molecule has 2 N–H and O–H groups in total. The summed E-state index contributed by atoms with van der Waals surface area (Å²) in [5, 5.41) is 7.83. The fourth-order valence-corrected chi connectivity index (χ4v) is 3.81. The van der Waals surface area contributed by atoms with E-state index in [1.807, 2.05) is 44.4 Å². The lowest BCUT2D eigenvalue weighted by atomic mass is 10.0. The zero-order valence-electron chi connectivity index (χ0n) is 16.4. The fraction of sp³-hybridized carbons (Fsp3) is 0.227. The van der Waals surface area contributed by atoms with E-state index in [1.165, 1.54) is 16.9 Å². The summed E-state index contributed by atoms with van der Waals surface area (Å²) in [5.41, 5.74) is 6.79. The molecule has 3 aromatic rings. The average molecular weight is 394 g/mol. The van der Waals surface area contributed by atoms with E-state index in [-0.39, 0.29) is 18.4 Å². The molecular formula is C22H23N3O2S. The highest BCUT2D eigenvalue weighted by Gasteiger charge is 2.12.